The number of halogens is 1. The molecule has 0 aliphatic heterocycles. The number of amides is 1. The molecule has 116 valence electrons. The zero-order chi connectivity index (χ0) is 16.1. The maximum absolute atomic E-state index is 12.1. The molecule has 0 aliphatic carbocycles. The number of anilines is 1. The number of para-hydroxylation sites is 2. The van der Waals surface area contributed by atoms with E-state index >= 15 is 0 Å². The fourth-order valence-corrected chi connectivity index (χ4v) is 2.18. The Hall–Kier alpha value is -2.72. The van der Waals surface area contributed by atoms with Crippen LogP contribution in [0.25, 0.3) is 0 Å². The summed E-state index contributed by atoms with van der Waals surface area (Å²) in [5.74, 6) is 1.16. The van der Waals surface area contributed by atoms with Gasteiger partial charge in [-0.15, -0.1) is 0 Å². The van der Waals surface area contributed by atoms with Gasteiger partial charge in [-0.2, -0.15) is 0 Å². The smallest absolute Gasteiger partial charge is 0.291 e. The lowest BCUT2D eigenvalue weighted by Gasteiger charge is -2.05. The van der Waals surface area contributed by atoms with Crippen molar-refractivity contribution in [2.75, 3.05) is 5.32 Å². The van der Waals surface area contributed by atoms with E-state index in [-0.39, 0.29) is 18.3 Å². The van der Waals surface area contributed by atoms with E-state index in [9.17, 15) is 4.79 Å². The highest BCUT2D eigenvalue weighted by atomic mass is 35.5. The number of furan rings is 1. The molecular weight excluding hydrogens is 314 g/mol. The van der Waals surface area contributed by atoms with Crippen LogP contribution < -0.4 is 10.1 Å². The number of ether oxygens (including phenoxy) is 1. The fraction of sp³-hybridized carbons (Fsp3) is 0.0556. The lowest BCUT2D eigenvalue weighted by Crippen LogP contribution is -2.11. The van der Waals surface area contributed by atoms with E-state index in [0.717, 1.165) is 5.75 Å². The van der Waals surface area contributed by atoms with Crippen LogP contribution in [-0.2, 0) is 6.61 Å². The molecular formula is C18H14ClNO3. The van der Waals surface area contributed by atoms with Crippen molar-refractivity contribution >= 4 is 23.2 Å². The third kappa shape index (κ3) is 3.93. The molecule has 0 saturated heterocycles. The third-order valence-electron chi connectivity index (χ3n) is 3.13. The number of hydrogen-bond donors (Lipinski definition) is 1. The molecule has 1 N–H and O–H groups in total. The number of carbonyl (C=O) groups excluding carboxylic acids is 1. The van der Waals surface area contributed by atoms with E-state index in [1.807, 2.05) is 30.3 Å². The summed E-state index contributed by atoms with van der Waals surface area (Å²) in [6.45, 7) is 0.253. The first-order valence-corrected chi connectivity index (χ1v) is 7.42. The van der Waals surface area contributed by atoms with Gasteiger partial charge in [0.25, 0.3) is 5.91 Å². The van der Waals surface area contributed by atoms with Gasteiger partial charge in [0.1, 0.15) is 18.1 Å². The van der Waals surface area contributed by atoms with E-state index < -0.39 is 0 Å². The monoisotopic (exact) mass is 327 g/mol. The Balaban J connectivity index is 1.62. The van der Waals surface area contributed by atoms with Crippen LogP contribution in [0.1, 0.15) is 16.3 Å². The summed E-state index contributed by atoms with van der Waals surface area (Å²) in [6, 6.07) is 19.7. The molecule has 1 amide bonds. The summed E-state index contributed by atoms with van der Waals surface area (Å²) in [5.41, 5.74) is 0.539. The number of benzene rings is 2. The van der Waals surface area contributed by atoms with Crippen molar-refractivity contribution in [2.24, 2.45) is 0 Å². The van der Waals surface area contributed by atoms with Gasteiger partial charge in [0.05, 0.1) is 10.7 Å². The molecule has 0 saturated carbocycles. The molecule has 2 aromatic carbocycles. The van der Waals surface area contributed by atoms with Crippen LogP contribution in [0.3, 0.4) is 0 Å². The molecule has 5 heteroatoms. The SMILES string of the molecule is O=C(Nc1ccccc1Cl)c1ccc(COc2ccccc2)o1. The molecule has 3 rings (SSSR count). The van der Waals surface area contributed by atoms with Gasteiger partial charge in [0, 0.05) is 0 Å². The van der Waals surface area contributed by atoms with Crippen molar-refractivity contribution in [1.29, 1.82) is 0 Å². The van der Waals surface area contributed by atoms with Crippen LogP contribution >= 0.6 is 11.6 Å². The minimum absolute atomic E-state index is 0.205. The average molecular weight is 328 g/mol. The topological polar surface area (TPSA) is 51.5 Å². The Morgan fingerprint density at radius 2 is 1.74 bits per heavy atom. The van der Waals surface area contributed by atoms with Gasteiger partial charge < -0.3 is 14.5 Å². The largest absolute Gasteiger partial charge is 0.486 e. The first-order chi connectivity index (χ1) is 11.2. The fourth-order valence-electron chi connectivity index (χ4n) is 2.00. The third-order valence-corrected chi connectivity index (χ3v) is 3.46. The molecule has 1 heterocycles. The van der Waals surface area contributed by atoms with Gasteiger partial charge >= 0.3 is 0 Å². The van der Waals surface area contributed by atoms with Gasteiger partial charge in [-0.05, 0) is 36.4 Å². The minimum Gasteiger partial charge on any atom is -0.486 e. The Kier molecular flexibility index (Phi) is 4.64. The highest BCUT2D eigenvalue weighted by Crippen LogP contribution is 2.22. The maximum Gasteiger partial charge on any atom is 0.291 e. The second kappa shape index (κ2) is 7.03. The number of nitrogens with one attached hydrogen (secondary N) is 1. The van der Waals surface area contributed by atoms with E-state index in [2.05, 4.69) is 5.32 Å². The Labute approximate surface area is 138 Å². The van der Waals surface area contributed by atoms with E-state index in [1.165, 1.54) is 0 Å². The Morgan fingerprint density at radius 1 is 1.00 bits per heavy atom. The van der Waals surface area contributed by atoms with Gasteiger partial charge in [0.2, 0.25) is 0 Å². The second-order valence-electron chi connectivity index (χ2n) is 4.80. The summed E-state index contributed by atoms with van der Waals surface area (Å²) >= 11 is 6.01. The number of hydrogen-bond acceptors (Lipinski definition) is 3. The summed E-state index contributed by atoms with van der Waals surface area (Å²) in [5, 5.41) is 3.18. The predicted molar refractivity (Wildman–Crippen MR) is 88.9 cm³/mol. The summed E-state index contributed by atoms with van der Waals surface area (Å²) in [7, 11) is 0. The zero-order valence-corrected chi connectivity index (χ0v) is 12.9. The van der Waals surface area contributed by atoms with E-state index in [4.69, 9.17) is 20.8 Å². The molecule has 0 aliphatic rings. The molecule has 23 heavy (non-hydrogen) atoms. The van der Waals surface area contributed by atoms with Gasteiger partial charge in [-0.25, -0.2) is 0 Å². The quantitative estimate of drug-likeness (QED) is 0.734. The number of rotatable bonds is 5. The molecule has 1 aromatic heterocycles. The van der Waals surface area contributed by atoms with Crippen LogP contribution in [0.5, 0.6) is 5.75 Å². The molecule has 0 bridgehead atoms. The molecule has 4 nitrogen and oxygen atoms in total. The number of carbonyl (C=O) groups is 1. The highest BCUT2D eigenvalue weighted by Gasteiger charge is 2.13. The maximum atomic E-state index is 12.1. The predicted octanol–water partition coefficient (Wildman–Crippen LogP) is 4.76. The van der Waals surface area contributed by atoms with Crippen LogP contribution in [-0.4, -0.2) is 5.91 Å². The lowest BCUT2D eigenvalue weighted by molar-refractivity contribution is 0.0992. The van der Waals surface area contributed by atoms with Gasteiger partial charge in [-0.1, -0.05) is 41.9 Å². The van der Waals surface area contributed by atoms with Gasteiger partial charge in [0.15, 0.2) is 5.76 Å². The Bertz CT molecular complexity index is 799. The Morgan fingerprint density at radius 3 is 2.52 bits per heavy atom. The normalized spacial score (nSPS) is 10.3. The standard InChI is InChI=1S/C18H14ClNO3/c19-15-8-4-5-9-16(15)20-18(21)17-11-10-14(23-17)12-22-13-6-2-1-3-7-13/h1-11H,12H2,(H,20,21). The van der Waals surface area contributed by atoms with Crippen molar-refractivity contribution < 1.29 is 13.9 Å². The summed E-state index contributed by atoms with van der Waals surface area (Å²) in [6.07, 6.45) is 0. The first kappa shape index (κ1) is 15.2. The van der Waals surface area contributed by atoms with Crippen molar-refractivity contribution in [3.63, 3.8) is 0 Å². The van der Waals surface area contributed by atoms with Crippen molar-refractivity contribution in [3.05, 3.63) is 83.3 Å². The molecule has 0 fully saturated rings. The van der Waals surface area contributed by atoms with Crippen LogP contribution in [0.4, 0.5) is 5.69 Å². The highest BCUT2D eigenvalue weighted by molar-refractivity contribution is 6.33. The summed E-state index contributed by atoms with van der Waals surface area (Å²) < 4.78 is 11.1. The van der Waals surface area contributed by atoms with Crippen LogP contribution in [0.15, 0.2) is 71.1 Å². The van der Waals surface area contributed by atoms with Crippen molar-refractivity contribution in [3.8, 4) is 5.75 Å². The molecule has 3 aromatic rings. The van der Waals surface area contributed by atoms with Crippen LogP contribution in [0.2, 0.25) is 5.02 Å². The van der Waals surface area contributed by atoms with Crippen molar-refractivity contribution in [1.82, 2.24) is 0 Å². The molecule has 0 unspecified atom stereocenters. The second-order valence-corrected chi connectivity index (χ2v) is 5.21. The summed E-state index contributed by atoms with van der Waals surface area (Å²) in [4.78, 5) is 12.1. The van der Waals surface area contributed by atoms with E-state index in [0.29, 0.717) is 16.5 Å². The molecule has 0 radical (unpaired) electrons. The molecule has 0 spiro atoms. The van der Waals surface area contributed by atoms with Crippen LogP contribution in [0, 0.1) is 0 Å². The zero-order valence-electron chi connectivity index (χ0n) is 12.2. The molecule has 0 atom stereocenters. The first-order valence-electron chi connectivity index (χ1n) is 7.05. The minimum atomic E-state index is -0.357. The lowest BCUT2D eigenvalue weighted by atomic mass is 10.3. The van der Waals surface area contributed by atoms with E-state index in [1.54, 1.807) is 36.4 Å². The van der Waals surface area contributed by atoms with Gasteiger partial charge in [-0.3, -0.25) is 4.79 Å². The average Bonchev–Trinajstić information content (AvgIpc) is 3.05. The van der Waals surface area contributed by atoms with Crippen molar-refractivity contribution in [2.45, 2.75) is 6.61 Å².